The molecule has 1 N–H and O–H groups in total. The van der Waals surface area contributed by atoms with Gasteiger partial charge in [0.05, 0.1) is 10.6 Å². The number of carbonyl (C=O) groups is 2. The molecule has 0 spiro atoms. The van der Waals surface area contributed by atoms with E-state index in [0.29, 0.717) is 16.6 Å². The molecule has 0 heterocycles. The predicted molar refractivity (Wildman–Crippen MR) is 159 cm³/mol. The molecule has 7 nitrogen and oxygen atoms in total. The van der Waals surface area contributed by atoms with Gasteiger partial charge in [0.15, 0.2) is 0 Å². The second-order valence-corrected chi connectivity index (χ2v) is 13.3. The van der Waals surface area contributed by atoms with E-state index in [-0.39, 0.29) is 17.3 Å². The van der Waals surface area contributed by atoms with Gasteiger partial charge in [0.25, 0.3) is 10.0 Å². The van der Waals surface area contributed by atoms with E-state index < -0.39 is 34.1 Å². The van der Waals surface area contributed by atoms with Crippen LogP contribution in [0.1, 0.15) is 38.8 Å². The molecule has 3 aromatic carbocycles. The number of hydrogen-bond acceptors (Lipinski definition) is 4. The summed E-state index contributed by atoms with van der Waals surface area (Å²) in [7, 11) is -4.09. The number of carbonyl (C=O) groups excluding carboxylic acids is 2. The Morgan fingerprint density at radius 3 is 2.18 bits per heavy atom. The molecule has 0 aliphatic rings. The third kappa shape index (κ3) is 8.41. The van der Waals surface area contributed by atoms with E-state index in [0.717, 1.165) is 15.4 Å². The van der Waals surface area contributed by atoms with Gasteiger partial charge in [0, 0.05) is 16.6 Å². The molecule has 1 atom stereocenters. The van der Waals surface area contributed by atoms with E-state index in [1.165, 1.54) is 17.0 Å². The summed E-state index contributed by atoms with van der Waals surface area (Å²) < 4.78 is 29.5. The lowest BCUT2D eigenvalue weighted by atomic mass is 10.1. The fourth-order valence-corrected chi connectivity index (χ4v) is 5.83. The summed E-state index contributed by atoms with van der Waals surface area (Å²) in [4.78, 5) is 28.6. The van der Waals surface area contributed by atoms with Gasteiger partial charge in [0.1, 0.15) is 12.6 Å². The molecule has 3 aromatic rings. The minimum absolute atomic E-state index is 0.0789. The van der Waals surface area contributed by atoms with Crippen molar-refractivity contribution in [3.8, 4) is 0 Å². The van der Waals surface area contributed by atoms with Gasteiger partial charge in [-0.05, 0) is 76.9 Å². The molecular formula is C30H36BrN3O4S. The van der Waals surface area contributed by atoms with Crippen molar-refractivity contribution in [3.63, 3.8) is 0 Å². The van der Waals surface area contributed by atoms with Gasteiger partial charge >= 0.3 is 0 Å². The maximum atomic E-state index is 13.9. The van der Waals surface area contributed by atoms with Crippen LogP contribution in [0.15, 0.2) is 88.2 Å². The molecule has 0 saturated carbocycles. The highest BCUT2D eigenvalue weighted by Gasteiger charge is 2.33. The van der Waals surface area contributed by atoms with Crippen molar-refractivity contribution in [1.82, 2.24) is 10.2 Å². The van der Waals surface area contributed by atoms with Crippen LogP contribution in [0.2, 0.25) is 0 Å². The molecule has 0 bridgehead atoms. The normalized spacial score (nSPS) is 12.5. The van der Waals surface area contributed by atoms with Gasteiger partial charge in [-0.25, -0.2) is 8.42 Å². The van der Waals surface area contributed by atoms with Crippen LogP contribution >= 0.6 is 15.9 Å². The zero-order chi connectivity index (χ0) is 28.8. The fraction of sp³-hybridized carbons (Fsp3) is 0.333. The summed E-state index contributed by atoms with van der Waals surface area (Å²) in [6, 6.07) is 22.2. The highest BCUT2D eigenvalue weighted by Crippen LogP contribution is 2.27. The van der Waals surface area contributed by atoms with Crippen molar-refractivity contribution in [2.75, 3.05) is 17.4 Å². The van der Waals surface area contributed by atoms with Gasteiger partial charge in [0.2, 0.25) is 11.8 Å². The minimum Gasteiger partial charge on any atom is -0.350 e. The first-order valence-corrected chi connectivity index (χ1v) is 15.0. The van der Waals surface area contributed by atoms with E-state index in [1.807, 2.05) is 58.0 Å². The van der Waals surface area contributed by atoms with E-state index >= 15 is 0 Å². The molecule has 0 aromatic heterocycles. The lowest BCUT2D eigenvalue weighted by Gasteiger charge is -2.33. The van der Waals surface area contributed by atoms with Gasteiger partial charge in [-0.1, -0.05) is 70.0 Å². The number of nitrogens with one attached hydrogen (secondary N) is 1. The first-order chi connectivity index (χ1) is 18.3. The molecule has 9 heteroatoms. The van der Waals surface area contributed by atoms with Gasteiger partial charge in [-0.2, -0.15) is 0 Å². The second kappa shape index (κ2) is 12.8. The van der Waals surface area contributed by atoms with E-state index in [4.69, 9.17) is 0 Å². The number of hydrogen-bond donors (Lipinski definition) is 1. The molecule has 2 amide bonds. The molecule has 0 saturated heterocycles. The molecule has 0 aliphatic carbocycles. The Bertz CT molecular complexity index is 1390. The molecule has 0 radical (unpaired) electrons. The Kier molecular flexibility index (Phi) is 9.96. The Morgan fingerprint density at radius 2 is 1.59 bits per heavy atom. The number of sulfonamides is 1. The maximum Gasteiger partial charge on any atom is 0.264 e. The number of nitrogens with zero attached hydrogens (tertiary/aromatic N) is 2. The Hall–Kier alpha value is -3.17. The van der Waals surface area contributed by atoms with Gasteiger partial charge < -0.3 is 10.2 Å². The molecule has 1 unspecified atom stereocenters. The summed E-state index contributed by atoms with van der Waals surface area (Å²) in [6.07, 6.45) is 0.515. The molecular weight excluding hydrogens is 578 g/mol. The Labute approximate surface area is 240 Å². The number of rotatable bonds is 10. The first kappa shape index (κ1) is 30.4. The van der Waals surface area contributed by atoms with Crippen molar-refractivity contribution >= 4 is 43.5 Å². The number of aryl methyl sites for hydroxylation is 1. The maximum absolute atomic E-state index is 13.9. The van der Waals surface area contributed by atoms with E-state index in [2.05, 4.69) is 21.2 Å². The van der Waals surface area contributed by atoms with E-state index in [9.17, 15) is 18.0 Å². The summed E-state index contributed by atoms with van der Waals surface area (Å²) in [5.74, 6) is -0.780. The third-order valence-electron chi connectivity index (χ3n) is 6.13. The van der Waals surface area contributed by atoms with Crippen LogP contribution in [0.5, 0.6) is 0 Å². The number of amides is 2. The number of halogens is 1. The Balaban J connectivity index is 1.99. The van der Waals surface area contributed by atoms with Gasteiger partial charge in [-0.15, -0.1) is 0 Å². The molecule has 0 aliphatic heterocycles. The average molecular weight is 615 g/mol. The van der Waals surface area contributed by atoms with Crippen LogP contribution in [-0.4, -0.2) is 49.8 Å². The average Bonchev–Trinajstić information content (AvgIpc) is 2.87. The van der Waals surface area contributed by atoms with Crippen LogP contribution in [0.4, 0.5) is 5.69 Å². The highest BCUT2D eigenvalue weighted by atomic mass is 79.9. The monoisotopic (exact) mass is 613 g/mol. The second-order valence-electron chi connectivity index (χ2n) is 10.5. The largest absolute Gasteiger partial charge is 0.350 e. The Morgan fingerprint density at radius 1 is 0.949 bits per heavy atom. The summed E-state index contributed by atoms with van der Waals surface area (Å²) in [6.45, 7) is 8.94. The lowest BCUT2D eigenvalue weighted by molar-refractivity contribution is -0.139. The summed E-state index contributed by atoms with van der Waals surface area (Å²) >= 11 is 3.41. The van der Waals surface area contributed by atoms with Crippen LogP contribution in [0.3, 0.4) is 0 Å². The van der Waals surface area contributed by atoms with Gasteiger partial charge in [-0.3, -0.25) is 13.9 Å². The smallest absolute Gasteiger partial charge is 0.264 e. The first-order valence-electron chi connectivity index (χ1n) is 12.8. The zero-order valence-electron chi connectivity index (χ0n) is 23.0. The number of anilines is 1. The van der Waals surface area contributed by atoms with E-state index in [1.54, 1.807) is 43.3 Å². The van der Waals surface area contributed by atoms with Crippen molar-refractivity contribution in [2.24, 2.45) is 0 Å². The molecule has 0 fully saturated rings. The molecule has 39 heavy (non-hydrogen) atoms. The summed E-state index contributed by atoms with van der Waals surface area (Å²) in [5, 5.41) is 2.94. The number of benzene rings is 3. The standard InChI is InChI=1S/C30H36BrN3O4S/c1-22-14-16-27(17-15-22)39(37,38)34(26-13-9-12-25(31)20-26)21-28(35)33(19-18-24-10-7-6-8-11-24)23(2)29(36)32-30(3,4)5/h6-17,20,23H,18-19,21H2,1-5H3,(H,32,36). The van der Waals surface area contributed by atoms with Crippen LogP contribution in [0, 0.1) is 6.92 Å². The topological polar surface area (TPSA) is 86.8 Å². The van der Waals surface area contributed by atoms with Crippen LogP contribution in [0.25, 0.3) is 0 Å². The lowest BCUT2D eigenvalue weighted by Crippen LogP contribution is -2.55. The van der Waals surface area contributed by atoms with Crippen LogP contribution in [-0.2, 0) is 26.0 Å². The van der Waals surface area contributed by atoms with Crippen molar-refractivity contribution < 1.29 is 18.0 Å². The fourth-order valence-electron chi connectivity index (χ4n) is 4.04. The minimum atomic E-state index is -4.09. The third-order valence-corrected chi connectivity index (χ3v) is 8.42. The van der Waals surface area contributed by atoms with Crippen molar-refractivity contribution in [3.05, 3.63) is 94.5 Å². The van der Waals surface area contributed by atoms with Crippen LogP contribution < -0.4 is 9.62 Å². The SMILES string of the molecule is Cc1ccc(S(=O)(=O)N(CC(=O)N(CCc2ccccc2)C(C)C(=O)NC(C)(C)C)c2cccc(Br)c2)cc1. The summed E-state index contributed by atoms with van der Waals surface area (Å²) in [5.41, 5.74) is 1.78. The quantitative estimate of drug-likeness (QED) is 0.335. The highest BCUT2D eigenvalue weighted by molar-refractivity contribution is 9.10. The molecule has 208 valence electrons. The van der Waals surface area contributed by atoms with Crippen molar-refractivity contribution in [2.45, 2.75) is 57.5 Å². The zero-order valence-corrected chi connectivity index (χ0v) is 25.4. The predicted octanol–water partition coefficient (Wildman–Crippen LogP) is 5.33. The van der Waals surface area contributed by atoms with Crippen molar-refractivity contribution in [1.29, 1.82) is 0 Å². The molecule has 3 rings (SSSR count).